The third-order valence-electron chi connectivity index (χ3n) is 3.50. The van der Waals surface area contributed by atoms with Crippen molar-refractivity contribution < 1.29 is 5.73 Å². The monoisotopic (exact) mass is 368 g/mol. The summed E-state index contributed by atoms with van der Waals surface area (Å²) in [7, 11) is 0. The van der Waals surface area contributed by atoms with E-state index in [4.69, 9.17) is 11.6 Å². The molecule has 3 N–H and O–H groups in total. The highest BCUT2D eigenvalue weighted by Gasteiger charge is 2.12. The summed E-state index contributed by atoms with van der Waals surface area (Å²) in [6.07, 6.45) is 4.37. The summed E-state index contributed by atoms with van der Waals surface area (Å²) in [5.74, 6) is 1.76. The van der Waals surface area contributed by atoms with Gasteiger partial charge in [0.1, 0.15) is 0 Å². The predicted octanol–water partition coefficient (Wildman–Crippen LogP) is 3.09. The first kappa shape index (κ1) is 16.7. The van der Waals surface area contributed by atoms with Crippen molar-refractivity contribution in [2.24, 2.45) is 0 Å². The molecule has 8 heteroatoms. The number of aryl methyl sites for hydroxylation is 1. The van der Waals surface area contributed by atoms with Crippen LogP contribution in [0.3, 0.4) is 0 Å². The second kappa shape index (κ2) is 8.10. The minimum absolute atomic E-state index is 0.800. The fraction of sp³-hybridized carbons (Fsp3) is 0.400. The maximum absolute atomic E-state index is 6.19. The minimum Gasteiger partial charge on any atom is -0.358 e. The van der Waals surface area contributed by atoms with Gasteiger partial charge >= 0.3 is 0 Å². The van der Waals surface area contributed by atoms with Crippen LogP contribution in [0, 0.1) is 0 Å². The number of hydrogen-bond acceptors (Lipinski definition) is 5. The number of benzene rings is 1. The first-order chi connectivity index (χ1) is 11.3. The predicted molar refractivity (Wildman–Crippen MR) is 95.0 cm³/mol. The van der Waals surface area contributed by atoms with E-state index < -0.39 is 0 Å². The van der Waals surface area contributed by atoms with Crippen molar-refractivity contribution >= 4 is 39.7 Å². The van der Waals surface area contributed by atoms with E-state index in [1.165, 1.54) is 6.42 Å². The average molecular weight is 369 g/mol. The van der Waals surface area contributed by atoms with E-state index in [1.54, 1.807) is 23.1 Å². The molecule has 0 aliphatic rings. The third kappa shape index (κ3) is 4.23. The fourth-order valence-electron chi connectivity index (χ4n) is 2.25. The standard InChI is InChI=1S/C15H18ClN5S2/c16-12-7-4-3-6-11(12)10-22-15-20-21-13(8-2-1-5-9-17)18-19-14(21)23-15/h3-4,6-7H,1-2,5,8-10,17H2/p+1. The number of unbranched alkanes of at least 4 members (excludes halogenated alkanes) is 2. The smallest absolute Gasteiger partial charge is 0.235 e. The van der Waals surface area contributed by atoms with E-state index >= 15 is 0 Å². The van der Waals surface area contributed by atoms with Gasteiger partial charge in [-0.2, -0.15) is 4.52 Å². The van der Waals surface area contributed by atoms with Crippen molar-refractivity contribution in [2.75, 3.05) is 6.54 Å². The van der Waals surface area contributed by atoms with Crippen LogP contribution in [0.15, 0.2) is 28.6 Å². The van der Waals surface area contributed by atoms with Crippen LogP contribution in [-0.2, 0) is 12.2 Å². The van der Waals surface area contributed by atoms with Gasteiger partial charge in [0.2, 0.25) is 4.96 Å². The highest BCUT2D eigenvalue weighted by molar-refractivity contribution is 8.00. The summed E-state index contributed by atoms with van der Waals surface area (Å²) in [5, 5.41) is 13.9. The summed E-state index contributed by atoms with van der Waals surface area (Å²) in [6, 6.07) is 7.91. The largest absolute Gasteiger partial charge is 0.358 e. The van der Waals surface area contributed by atoms with Crippen molar-refractivity contribution in [3.05, 3.63) is 40.7 Å². The third-order valence-corrected chi connectivity index (χ3v) is 5.95. The second-order valence-electron chi connectivity index (χ2n) is 5.22. The molecule has 0 atom stereocenters. The van der Waals surface area contributed by atoms with E-state index in [0.717, 1.165) is 57.3 Å². The zero-order chi connectivity index (χ0) is 16.1. The Morgan fingerprint density at radius 1 is 1.17 bits per heavy atom. The maximum atomic E-state index is 6.19. The molecule has 0 saturated heterocycles. The quantitative estimate of drug-likeness (QED) is 0.490. The minimum atomic E-state index is 0.800. The lowest BCUT2D eigenvalue weighted by Gasteiger charge is -2.01. The molecule has 0 radical (unpaired) electrons. The first-order valence-electron chi connectivity index (χ1n) is 7.64. The van der Waals surface area contributed by atoms with Gasteiger partial charge < -0.3 is 5.73 Å². The summed E-state index contributed by atoms with van der Waals surface area (Å²) < 4.78 is 2.87. The molecule has 0 spiro atoms. The van der Waals surface area contributed by atoms with Gasteiger partial charge in [0.25, 0.3) is 0 Å². The molecule has 0 bridgehead atoms. The Labute approximate surface area is 148 Å². The molecule has 122 valence electrons. The maximum Gasteiger partial charge on any atom is 0.235 e. The number of fused-ring (bicyclic) bond motifs is 1. The van der Waals surface area contributed by atoms with Crippen LogP contribution in [0.2, 0.25) is 5.02 Å². The number of hydrogen-bond donors (Lipinski definition) is 1. The molecule has 0 aliphatic heterocycles. The molecule has 1 aromatic carbocycles. The van der Waals surface area contributed by atoms with E-state index in [-0.39, 0.29) is 0 Å². The van der Waals surface area contributed by atoms with Gasteiger partial charge in [-0.3, -0.25) is 0 Å². The van der Waals surface area contributed by atoms with Gasteiger partial charge in [0, 0.05) is 17.2 Å². The molecule has 2 aromatic heterocycles. The normalized spacial score (nSPS) is 11.4. The van der Waals surface area contributed by atoms with Crippen molar-refractivity contribution in [1.82, 2.24) is 19.8 Å². The van der Waals surface area contributed by atoms with Crippen molar-refractivity contribution in [3.8, 4) is 0 Å². The number of aromatic nitrogens is 4. The lowest BCUT2D eigenvalue weighted by Crippen LogP contribution is -2.50. The number of halogens is 1. The molecule has 2 heterocycles. The van der Waals surface area contributed by atoms with Crippen LogP contribution in [0.5, 0.6) is 0 Å². The molecule has 0 saturated carbocycles. The van der Waals surface area contributed by atoms with Gasteiger partial charge in [0.05, 0.1) is 6.54 Å². The Hall–Kier alpha value is -1.15. The van der Waals surface area contributed by atoms with Gasteiger partial charge in [0.15, 0.2) is 10.2 Å². The molecule has 0 amide bonds. The molecule has 0 fully saturated rings. The molecule has 3 aromatic rings. The second-order valence-corrected chi connectivity index (χ2v) is 7.81. The van der Waals surface area contributed by atoms with Crippen LogP contribution >= 0.6 is 34.7 Å². The number of thioether (sulfide) groups is 1. The number of rotatable bonds is 8. The van der Waals surface area contributed by atoms with Crippen LogP contribution in [0.4, 0.5) is 0 Å². The lowest BCUT2D eigenvalue weighted by molar-refractivity contribution is -0.368. The zero-order valence-electron chi connectivity index (χ0n) is 12.7. The molecule has 0 unspecified atom stereocenters. The number of nitrogens with zero attached hydrogens (tertiary/aromatic N) is 4. The zero-order valence-corrected chi connectivity index (χ0v) is 15.1. The summed E-state index contributed by atoms with van der Waals surface area (Å²) >= 11 is 9.45. The highest BCUT2D eigenvalue weighted by Crippen LogP contribution is 2.29. The lowest BCUT2D eigenvalue weighted by atomic mass is 10.2. The Kier molecular flexibility index (Phi) is 5.88. The Morgan fingerprint density at radius 2 is 2.04 bits per heavy atom. The Bertz CT molecular complexity index is 770. The molecular formula is C15H19ClN5S2+. The van der Waals surface area contributed by atoms with E-state index in [2.05, 4.69) is 21.0 Å². The van der Waals surface area contributed by atoms with E-state index in [0.29, 0.717) is 0 Å². The van der Waals surface area contributed by atoms with Crippen molar-refractivity contribution in [3.63, 3.8) is 0 Å². The summed E-state index contributed by atoms with van der Waals surface area (Å²) in [5.41, 5.74) is 4.99. The summed E-state index contributed by atoms with van der Waals surface area (Å²) in [6.45, 7) is 0.995. The molecule has 0 aliphatic carbocycles. The molecule has 5 nitrogen and oxygen atoms in total. The average Bonchev–Trinajstić information content (AvgIpc) is 3.12. The van der Waals surface area contributed by atoms with Gasteiger partial charge in [-0.05, 0) is 30.9 Å². The van der Waals surface area contributed by atoms with Crippen molar-refractivity contribution in [1.29, 1.82) is 0 Å². The highest BCUT2D eigenvalue weighted by atomic mass is 35.5. The Balaban J connectivity index is 1.64. The topological polar surface area (TPSA) is 70.7 Å². The molecule has 3 rings (SSSR count). The van der Waals surface area contributed by atoms with Gasteiger partial charge in [-0.15, -0.1) is 15.3 Å². The van der Waals surface area contributed by atoms with Gasteiger partial charge in [-0.25, -0.2) is 0 Å². The molecular weight excluding hydrogens is 350 g/mol. The molecule has 23 heavy (non-hydrogen) atoms. The van der Waals surface area contributed by atoms with Crippen LogP contribution < -0.4 is 5.73 Å². The van der Waals surface area contributed by atoms with Crippen LogP contribution in [-0.4, -0.2) is 26.4 Å². The Morgan fingerprint density at radius 3 is 2.87 bits per heavy atom. The van der Waals surface area contributed by atoms with Crippen LogP contribution in [0.25, 0.3) is 4.96 Å². The first-order valence-corrected chi connectivity index (χ1v) is 9.82. The van der Waals surface area contributed by atoms with Crippen molar-refractivity contribution in [2.45, 2.75) is 35.8 Å². The number of quaternary nitrogens is 1. The van der Waals surface area contributed by atoms with E-state index in [1.807, 2.05) is 28.8 Å². The summed E-state index contributed by atoms with van der Waals surface area (Å²) in [4.78, 5) is 0.860. The van der Waals surface area contributed by atoms with Crippen LogP contribution in [0.1, 0.15) is 30.7 Å². The fourth-order valence-corrected chi connectivity index (χ4v) is 4.43. The van der Waals surface area contributed by atoms with E-state index in [9.17, 15) is 0 Å². The SMILES string of the molecule is [NH3+]CCCCCc1nnc2sc(SCc3ccccc3Cl)nn12. The van der Waals surface area contributed by atoms with Gasteiger partial charge in [-0.1, -0.05) is 52.9 Å².